The second kappa shape index (κ2) is 8.23. The molecule has 2 atom stereocenters. The molecule has 1 aromatic heterocycles. The highest BCUT2D eigenvalue weighted by molar-refractivity contribution is 7.88. The Balaban J connectivity index is 1.75. The number of rotatable bonds is 6. The van der Waals surface area contributed by atoms with Crippen molar-refractivity contribution in [3.05, 3.63) is 34.2 Å². The summed E-state index contributed by atoms with van der Waals surface area (Å²) in [6.45, 7) is 2.60. The van der Waals surface area contributed by atoms with Crippen LogP contribution in [0.5, 0.6) is 0 Å². The molecular weight excluding hydrogens is 352 g/mol. The van der Waals surface area contributed by atoms with E-state index in [-0.39, 0.29) is 23.7 Å². The highest BCUT2D eigenvalue weighted by Crippen LogP contribution is 2.30. The topological polar surface area (TPSA) is 77.4 Å². The Labute approximate surface area is 156 Å². The number of sulfonamides is 1. The maximum Gasteiger partial charge on any atom is 0.251 e. The van der Waals surface area contributed by atoms with Crippen molar-refractivity contribution in [1.82, 2.24) is 9.29 Å². The van der Waals surface area contributed by atoms with Crippen LogP contribution in [0, 0.1) is 5.92 Å². The van der Waals surface area contributed by atoms with Gasteiger partial charge < -0.3 is 9.30 Å². The van der Waals surface area contributed by atoms with Gasteiger partial charge in [-0.15, -0.1) is 0 Å². The molecule has 3 rings (SSSR count). The first-order valence-electron chi connectivity index (χ1n) is 9.66. The number of fused-ring (bicyclic) bond motifs is 1. The van der Waals surface area contributed by atoms with Gasteiger partial charge in [0, 0.05) is 17.8 Å². The minimum absolute atomic E-state index is 0.0919. The number of hydrogen-bond donors (Lipinski definition) is 1. The zero-order valence-electron chi connectivity index (χ0n) is 15.7. The Morgan fingerprint density at radius 3 is 2.58 bits per heavy atom. The largest absolute Gasteiger partial charge is 0.376 e. The second-order valence-electron chi connectivity index (χ2n) is 7.71. The van der Waals surface area contributed by atoms with Crippen LogP contribution in [-0.4, -0.2) is 38.0 Å². The fraction of sp³-hybridized carbons (Fsp3) is 0.737. The van der Waals surface area contributed by atoms with Gasteiger partial charge in [-0.3, -0.25) is 4.79 Å². The first-order chi connectivity index (χ1) is 12.4. The number of nitrogens with zero attached hydrogens (tertiary/aromatic N) is 1. The third-order valence-electron chi connectivity index (χ3n) is 5.82. The monoisotopic (exact) mass is 382 g/mol. The summed E-state index contributed by atoms with van der Waals surface area (Å²) in [5.74, 6) is 0.799. The SMILES string of the molecule is CCC1CCC(OCC2C(NS(C)(=O)=O)CCc3cccc(=O)n32)CC1. The third-order valence-corrected chi connectivity index (χ3v) is 6.55. The number of nitrogens with one attached hydrogen (secondary N) is 1. The number of ether oxygens (including phenoxy) is 1. The van der Waals surface area contributed by atoms with E-state index in [0.717, 1.165) is 24.5 Å². The Morgan fingerprint density at radius 2 is 1.92 bits per heavy atom. The standard InChI is InChI=1S/C19H30N2O4S/c1-3-14-7-10-16(11-8-14)25-13-18-17(20-26(2,23)24)12-9-15-5-4-6-19(22)21(15)18/h4-6,14,16-18,20H,3,7-13H2,1-2H3. The third kappa shape index (κ3) is 4.75. The molecule has 1 aliphatic heterocycles. The lowest BCUT2D eigenvalue weighted by molar-refractivity contribution is -0.00690. The van der Waals surface area contributed by atoms with Crippen molar-refractivity contribution in [3.63, 3.8) is 0 Å². The molecule has 0 radical (unpaired) electrons. The minimum Gasteiger partial charge on any atom is -0.376 e. The zero-order valence-corrected chi connectivity index (χ0v) is 16.5. The Morgan fingerprint density at radius 1 is 1.19 bits per heavy atom. The van der Waals surface area contributed by atoms with Crippen LogP contribution in [0.1, 0.15) is 57.2 Å². The molecule has 0 bridgehead atoms. The number of aromatic nitrogens is 1. The van der Waals surface area contributed by atoms with Crippen molar-refractivity contribution in [3.8, 4) is 0 Å². The molecule has 1 saturated carbocycles. The summed E-state index contributed by atoms with van der Waals surface area (Å²) in [5, 5.41) is 0. The first-order valence-corrected chi connectivity index (χ1v) is 11.6. The van der Waals surface area contributed by atoms with E-state index in [1.807, 2.05) is 6.07 Å². The van der Waals surface area contributed by atoms with Crippen molar-refractivity contribution < 1.29 is 13.2 Å². The van der Waals surface area contributed by atoms with E-state index >= 15 is 0 Å². The van der Waals surface area contributed by atoms with E-state index < -0.39 is 10.0 Å². The van der Waals surface area contributed by atoms with Crippen LogP contribution in [-0.2, 0) is 21.2 Å². The predicted octanol–water partition coefficient (Wildman–Crippen LogP) is 2.24. The van der Waals surface area contributed by atoms with Gasteiger partial charge in [-0.2, -0.15) is 0 Å². The lowest BCUT2D eigenvalue weighted by Crippen LogP contribution is -2.49. The molecule has 1 aromatic rings. The second-order valence-corrected chi connectivity index (χ2v) is 9.49. The van der Waals surface area contributed by atoms with Crippen LogP contribution in [0.25, 0.3) is 0 Å². The molecule has 0 spiro atoms. The molecular formula is C19H30N2O4S. The van der Waals surface area contributed by atoms with E-state index in [9.17, 15) is 13.2 Å². The van der Waals surface area contributed by atoms with E-state index in [1.54, 1.807) is 10.6 Å². The van der Waals surface area contributed by atoms with E-state index in [4.69, 9.17) is 4.74 Å². The zero-order chi connectivity index (χ0) is 18.7. The average Bonchev–Trinajstić information content (AvgIpc) is 2.60. The molecule has 26 heavy (non-hydrogen) atoms. The van der Waals surface area contributed by atoms with E-state index in [1.165, 1.54) is 31.6 Å². The number of pyridine rings is 1. The Bertz CT molecular complexity index is 766. The maximum atomic E-state index is 12.4. The van der Waals surface area contributed by atoms with Crippen LogP contribution in [0.3, 0.4) is 0 Å². The maximum absolute atomic E-state index is 12.4. The van der Waals surface area contributed by atoms with E-state index in [0.29, 0.717) is 19.4 Å². The molecule has 0 saturated heterocycles. The molecule has 146 valence electrons. The van der Waals surface area contributed by atoms with Gasteiger partial charge >= 0.3 is 0 Å². The molecule has 1 aliphatic carbocycles. The Hall–Kier alpha value is -1.18. The lowest BCUT2D eigenvalue weighted by atomic mass is 9.86. The van der Waals surface area contributed by atoms with Crippen LogP contribution in [0.4, 0.5) is 0 Å². The van der Waals surface area contributed by atoms with Gasteiger partial charge in [-0.1, -0.05) is 19.4 Å². The quantitative estimate of drug-likeness (QED) is 0.818. The molecule has 2 heterocycles. The van der Waals surface area contributed by atoms with Crippen LogP contribution >= 0.6 is 0 Å². The highest BCUT2D eigenvalue weighted by atomic mass is 32.2. The summed E-state index contributed by atoms with van der Waals surface area (Å²) in [5.41, 5.74) is 0.859. The van der Waals surface area contributed by atoms with Gasteiger partial charge in [-0.25, -0.2) is 13.1 Å². The van der Waals surface area contributed by atoms with Crippen LogP contribution in [0.2, 0.25) is 0 Å². The Kier molecular flexibility index (Phi) is 6.20. The molecule has 0 amide bonds. The first kappa shape index (κ1) is 19.6. The summed E-state index contributed by atoms with van der Waals surface area (Å²) in [7, 11) is -3.35. The normalized spacial score (nSPS) is 29.3. The van der Waals surface area contributed by atoms with Crippen molar-refractivity contribution in [1.29, 1.82) is 0 Å². The molecule has 7 heteroatoms. The molecule has 1 N–H and O–H groups in total. The van der Waals surface area contributed by atoms with Crippen LogP contribution in [0.15, 0.2) is 23.0 Å². The van der Waals surface area contributed by atoms with Gasteiger partial charge in [0.25, 0.3) is 5.56 Å². The smallest absolute Gasteiger partial charge is 0.251 e. The fourth-order valence-corrected chi connectivity index (χ4v) is 5.17. The fourth-order valence-electron chi connectivity index (χ4n) is 4.34. The van der Waals surface area contributed by atoms with Gasteiger partial charge in [0.1, 0.15) is 0 Å². The van der Waals surface area contributed by atoms with Crippen LogP contribution < -0.4 is 10.3 Å². The number of hydrogen-bond acceptors (Lipinski definition) is 4. The van der Waals surface area contributed by atoms with Crippen molar-refractivity contribution in [2.75, 3.05) is 12.9 Å². The molecule has 2 unspecified atom stereocenters. The molecule has 1 fully saturated rings. The molecule has 2 aliphatic rings. The summed E-state index contributed by atoms with van der Waals surface area (Å²) in [4.78, 5) is 12.4. The van der Waals surface area contributed by atoms with Gasteiger partial charge in [0.05, 0.1) is 25.0 Å². The van der Waals surface area contributed by atoms with Crippen molar-refractivity contribution >= 4 is 10.0 Å². The highest BCUT2D eigenvalue weighted by Gasteiger charge is 2.33. The average molecular weight is 383 g/mol. The van der Waals surface area contributed by atoms with Crippen molar-refractivity contribution in [2.45, 2.75) is 70.1 Å². The predicted molar refractivity (Wildman–Crippen MR) is 102 cm³/mol. The van der Waals surface area contributed by atoms with Crippen molar-refractivity contribution in [2.24, 2.45) is 5.92 Å². The summed E-state index contributed by atoms with van der Waals surface area (Å²) in [6, 6.07) is 4.63. The van der Waals surface area contributed by atoms with Gasteiger partial charge in [-0.05, 0) is 50.5 Å². The summed E-state index contributed by atoms with van der Waals surface area (Å²) in [6.07, 6.45) is 8.42. The minimum atomic E-state index is -3.35. The van der Waals surface area contributed by atoms with E-state index in [2.05, 4.69) is 11.6 Å². The molecule has 0 aromatic carbocycles. The summed E-state index contributed by atoms with van der Waals surface area (Å²) >= 11 is 0. The lowest BCUT2D eigenvalue weighted by Gasteiger charge is -2.36. The molecule has 6 nitrogen and oxygen atoms in total. The van der Waals surface area contributed by atoms with Gasteiger partial charge in [0.15, 0.2) is 0 Å². The summed E-state index contributed by atoms with van der Waals surface area (Å²) < 4.78 is 34.2. The number of aryl methyl sites for hydroxylation is 1. The van der Waals surface area contributed by atoms with Gasteiger partial charge in [0.2, 0.25) is 10.0 Å².